The van der Waals surface area contributed by atoms with Crippen LogP contribution in [0, 0.1) is 0 Å². The zero-order valence-electron chi connectivity index (χ0n) is 10.4. The van der Waals surface area contributed by atoms with Crippen molar-refractivity contribution in [2.45, 2.75) is 38.0 Å². The van der Waals surface area contributed by atoms with Crippen molar-refractivity contribution in [3.63, 3.8) is 0 Å². The Hall–Kier alpha value is -1.32. The lowest BCUT2D eigenvalue weighted by Crippen LogP contribution is -2.31. The number of hydrogen-bond donors (Lipinski definition) is 1. The largest absolute Gasteiger partial charge is 0.373 e. The molecule has 2 aliphatic rings. The van der Waals surface area contributed by atoms with E-state index in [9.17, 15) is 0 Å². The summed E-state index contributed by atoms with van der Waals surface area (Å²) in [6.45, 7) is 2.22. The van der Waals surface area contributed by atoms with E-state index in [-0.39, 0.29) is 0 Å². The number of aromatic nitrogens is 2. The van der Waals surface area contributed by atoms with Crippen molar-refractivity contribution in [2.75, 3.05) is 30.4 Å². The van der Waals surface area contributed by atoms with E-state index < -0.39 is 0 Å². The minimum atomic E-state index is 0.689. The van der Waals surface area contributed by atoms with Crippen molar-refractivity contribution in [1.29, 1.82) is 0 Å². The van der Waals surface area contributed by atoms with E-state index in [4.69, 9.17) is 4.98 Å². The van der Waals surface area contributed by atoms with E-state index in [1.165, 1.54) is 37.8 Å². The second-order valence-electron chi connectivity index (χ2n) is 5.05. The summed E-state index contributed by atoms with van der Waals surface area (Å²) in [5.74, 6) is 2.58. The van der Waals surface area contributed by atoms with Crippen molar-refractivity contribution >= 4 is 11.8 Å². The lowest BCUT2D eigenvalue weighted by molar-refractivity contribution is 0.567. The molecule has 4 nitrogen and oxygen atoms in total. The van der Waals surface area contributed by atoms with Crippen LogP contribution in [0.4, 0.5) is 11.8 Å². The van der Waals surface area contributed by atoms with E-state index in [1.807, 2.05) is 7.05 Å². The van der Waals surface area contributed by atoms with Crippen LogP contribution in [0.2, 0.25) is 0 Å². The summed E-state index contributed by atoms with van der Waals surface area (Å²) >= 11 is 0. The summed E-state index contributed by atoms with van der Waals surface area (Å²) in [6, 6.07) is 2.10. The summed E-state index contributed by atoms with van der Waals surface area (Å²) in [4.78, 5) is 11.7. The highest BCUT2D eigenvalue weighted by molar-refractivity contribution is 5.45. The number of anilines is 2. The lowest BCUT2D eigenvalue weighted by Gasteiger charge is -2.27. The fourth-order valence-electron chi connectivity index (χ4n) is 2.40. The zero-order chi connectivity index (χ0) is 11.7. The van der Waals surface area contributed by atoms with Gasteiger partial charge in [-0.25, -0.2) is 4.98 Å². The SMILES string of the molecule is CNc1cc(C2CC2)nc(N2CCCCC2)n1. The third kappa shape index (κ3) is 2.35. The van der Waals surface area contributed by atoms with Gasteiger partial charge in [-0.3, -0.25) is 0 Å². The second kappa shape index (κ2) is 4.51. The summed E-state index contributed by atoms with van der Waals surface area (Å²) < 4.78 is 0. The molecule has 1 N–H and O–H groups in total. The highest BCUT2D eigenvalue weighted by atomic mass is 15.3. The summed E-state index contributed by atoms with van der Waals surface area (Å²) in [6.07, 6.45) is 6.47. The van der Waals surface area contributed by atoms with E-state index in [0.29, 0.717) is 5.92 Å². The van der Waals surface area contributed by atoms with Gasteiger partial charge in [-0.1, -0.05) is 0 Å². The van der Waals surface area contributed by atoms with Crippen LogP contribution in [-0.4, -0.2) is 30.1 Å². The predicted octanol–water partition coefficient (Wildman–Crippen LogP) is 2.39. The Morgan fingerprint density at radius 2 is 1.94 bits per heavy atom. The van der Waals surface area contributed by atoms with Crippen LogP contribution in [0.1, 0.15) is 43.7 Å². The van der Waals surface area contributed by atoms with E-state index in [0.717, 1.165) is 24.9 Å². The molecule has 0 aromatic carbocycles. The predicted molar refractivity (Wildman–Crippen MR) is 69.6 cm³/mol. The smallest absolute Gasteiger partial charge is 0.227 e. The summed E-state index contributed by atoms with van der Waals surface area (Å²) in [5.41, 5.74) is 1.23. The van der Waals surface area contributed by atoms with Crippen molar-refractivity contribution in [3.05, 3.63) is 11.8 Å². The summed E-state index contributed by atoms with van der Waals surface area (Å²) in [7, 11) is 1.93. The molecule has 1 aliphatic carbocycles. The molecule has 2 heterocycles. The highest BCUT2D eigenvalue weighted by Crippen LogP contribution is 2.40. The van der Waals surface area contributed by atoms with Gasteiger partial charge in [-0.05, 0) is 32.1 Å². The van der Waals surface area contributed by atoms with Crippen LogP contribution in [-0.2, 0) is 0 Å². The first-order chi connectivity index (χ1) is 8.36. The molecule has 0 spiro atoms. The number of rotatable bonds is 3. The third-order valence-corrected chi connectivity index (χ3v) is 3.62. The molecule has 1 saturated carbocycles. The maximum Gasteiger partial charge on any atom is 0.227 e. The molecular weight excluding hydrogens is 212 g/mol. The Bertz CT molecular complexity index is 394. The minimum Gasteiger partial charge on any atom is -0.373 e. The van der Waals surface area contributed by atoms with Crippen LogP contribution < -0.4 is 10.2 Å². The van der Waals surface area contributed by atoms with Crippen molar-refractivity contribution < 1.29 is 0 Å². The van der Waals surface area contributed by atoms with Crippen LogP contribution in [0.25, 0.3) is 0 Å². The Morgan fingerprint density at radius 1 is 1.18 bits per heavy atom. The topological polar surface area (TPSA) is 41.1 Å². The van der Waals surface area contributed by atoms with Gasteiger partial charge in [0.1, 0.15) is 5.82 Å². The first kappa shape index (κ1) is 10.8. The van der Waals surface area contributed by atoms with Crippen molar-refractivity contribution in [2.24, 2.45) is 0 Å². The monoisotopic (exact) mass is 232 g/mol. The van der Waals surface area contributed by atoms with Crippen LogP contribution in [0.5, 0.6) is 0 Å². The maximum atomic E-state index is 4.74. The molecule has 3 rings (SSSR count). The molecule has 17 heavy (non-hydrogen) atoms. The van der Waals surface area contributed by atoms with Crippen LogP contribution >= 0.6 is 0 Å². The Kier molecular flexibility index (Phi) is 2.87. The van der Waals surface area contributed by atoms with Gasteiger partial charge >= 0.3 is 0 Å². The minimum absolute atomic E-state index is 0.689. The molecule has 0 bridgehead atoms. The van der Waals surface area contributed by atoms with Gasteiger partial charge in [0.25, 0.3) is 0 Å². The maximum absolute atomic E-state index is 4.74. The van der Waals surface area contributed by atoms with Crippen LogP contribution in [0.3, 0.4) is 0 Å². The Labute approximate surface area is 102 Å². The molecule has 4 heteroatoms. The fraction of sp³-hybridized carbons (Fsp3) is 0.692. The average molecular weight is 232 g/mol. The number of nitrogens with zero attached hydrogens (tertiary/aromatic N) is 3. The standard InChI is InChI=1S/C13H20N4/c1-14-12-9-11(10-5-6-10)15-13(16-12)17-7-3-2-4-8-17/h9-10H,2-8H2,1H3,(H,14,15,16). The van der Waals surface area contributed by atoms with Gasteiger partial charge in [0.15, 0.2) is 0 Å². The van der Waals surface area contributed by atoms with Gasteiger partial charge in [0, 0.05) is 32.1 Å². The lowest BCUT2D eigenvalue weighted by atomic mass is 10.1. The normalized spacial score (nSPS) is 20.4. The Morgan fingerprint density at radius 3 is 2.59 bits per heavy atom. The average Bonchev–Trinajstić information content (AvgIpc) is 3.23. The molecule has 0 unspecified atom stereocenters. The quantitative estimate of drug-likeness (QED) is 0.868. The van der Waals surface area contributed by atoms with Crippen LogP contribution in [0.15, 0.2) is 6.07 Å². The van der Waals surface area contributed by atoms with Gasteiger partial charge in [0.2, 0.25) is 5.95 Å². The molecule has 1 aliphatic heterocycles. The molecule has 2 fully saturated rings. The van der Waals surface area contributed by atoms with Gasteiger partial charge in [0.05, 0.1) is 5.69 Å². The molecule has 1 saturated heterocycles. The van der Waals surface area contributed by atoms with E-state index >= 15 is 0 Å². The fourth-order valence-corrected chi connectivity index (χ4v) is 2.40. The third-order valence-electron chi connectivity index (χ3n) is 3.62. The van der Waals surface area contributed by atoms with Gasteiger partial charge < -0.3 is 10.2 Å². The number of piperidine rings is 1. The molecular formula is C13H20N4. The van der Waals surface area contributed by atoms with E-state index in [1.54, 1.807) is 0 Å². The van der Waals surface area contributed by atoms with Gasteiger partial charge in [-0.15, -0.1) is 0 Å². The molecule has 1 aromatic rings. The molecule has 0 radical (unpaired) electrons. The first-order valence-corrected chi connectivity index (χ1v) is 6.68. The molecule has 0 amide bonds. The van der Waals surface area contributed by atoms with Crippen molar-refractivity contribution in [3.8, 4) is 0 Å². The number of nitrogens with one attached hydrogen (secondary N) is 1. The first-order valence-electron chi connectivity index (χ1n) is 6.68. The highest BCUT2D eigenvalue weighted by Gasteiger charge is 2.27. The van der Waals surface area contributed by atoms with E-state index in [2.05, 4.69) is 21.3 Å². The van der Waals surface area contributed by atoms with Crippen molar-refractivity contribution in [1.82, 2.24) is 9.97 Å². The molecule has 0 atom stereocenters. The Balaban J connectivity index is 1.88. The van der Waals surface area contributed by atoms with Gasteiger partial charge in [-0.2, -0.15) is 4.98 Å². The molecule has 92 valence electrons. The number of hydrogen-bond acceptors (Lipinski definition) is 4. The second-order valence-corrected chi connectivity index (χ2v) is 5.05. The molecule has 1 aromatic heterocycles. The summed E-state index contributed by atoms with van der Waals surface area (Å²) in [5, 5.41) is 3.15. The zero-order valence-corrected chi connectivity index (χ0v) is 10.4.